The van der Waals surface area contributed by atoms with E-state index in [1.807, 2.05) is 19.1 Å². The van der Waals surface area contributed by atoms with Gasteiger partial charge in [-0.1, -0.05) is 23.9 Å². The van der Waals surface area contributed by atoms with Gasteiger partial charge >= 0.3 is 0 Å². The lowest BCUT2D eigenvalue weighted by Gasteiger charge is -2.11. The zero-order valence-corrected chi connectivity index (χ0v) is 11.5. The SMILES string of the molecule is Cc1nc(SC(C)C(=O)Nc2ccccc2N)n[nH]1. The third kappa shape index (κ3) is 3.47. The molecule has 2 rings (SSSR count). The van der Waals surface area contributed by atoms with Gasteiger partial charge in [0.1, 0.15) is 5.82 Å². The third-order valence-electron chi connectivity index (χ3n) is 2.45. The van der Waals surface area contributed by atoms with Crippen LogP contribution in [0.25, 0.3) is 0 Å². The third-order valence-corrected chi connectivity index (χ3v) is 3.41. The van der Waals surface area contributed by atoms with Crippen molar-refractivity contribution in [1.82, 2.24) is 15.2 Å². The van der Waals surface area contributed by atoms with Gasteiger partial charge in [-0.05, 0) is 26.0 Å². The number of para-hydroxylation sites is 2. The van der Waals surface area contributed by atoms with Crippen LogP contribution in [0.3, 0.4) is 0 Å². The topological polar surface area (TPSA) is 96.7 Å². The Morgan fingerprint density at radius 2 is 2.21 bits per heavy atom. The number of nitrogens with one attached hydrogen (secondary N) is 2. The molecule has 0 aliphatic heterocycles. The largest absolute Gasteiger partial charge is 0.397 e. The summed E-state index contributed by atoms with van der Waals surface area (Å²) in [6.07, 6.45) is 0. The molecule has 19 heavy (non-hydrogen) atoms. The van der Waals surface area contributed by atoms with Gasteiger partial charge in [0.2, 0.25) is 11.1 Å². The second-order valence-corrected chi connectivity index (χ2v) is 5.35. The zero-order chi connectivity index (χ0) is 13.8. The predicted octanol–water partition coefficient (Wildman–Crippen LogP) is 1.81. The van der Waals surface area contributed by atoms with Gasteiger partial charge in [-0.3, -0.25) is 9.89 Å². The molecule has 0 fully saturated rings. The molecule has 0 radical (unpaired) electrons. The van der Waals surface area contributed by atoms with Gasteiger partial charge < -0.3 is 11.1 Å². The molecule has 1 unspecified atom stereocenters. The smallest absolute Gasteiger partial charge is 0.237 e. The van der Waals surface area contributed by atoms with Crippen LogP contribution in [0, 0.1) is 6.92 Å². The number of carbonyl (C=O) groups is 1. The molecule has 1 heterocycles. The zero-order valence-electron chi connectivity index (χ0n) is 10.7. The average molecular weight is 277 g/mol. The van der Waals surface area contributed by atoms with Crippen molar-refractivity contribution in [3.8, 4) is 0 Å². The normalized spacial score (nSPS) is 12.1. The summed E-state index contributed by atoms with van der Waals surface area (Å²) in [5.41, 5.74) is 6.93. The molecule has 7 heteroatoms. The van der Waals surface area contributed by atoms with Crippen molar-refractivity contribution in [3.05, 3.63) is 30.1 Å². The fourth-order valence-corrected chi connectivity index (χ4v) is 2.20. The molecule has 0 spiro atoms. The number of benzene rings is 1. The van der Waals surface area contributed by atoms with Crippen LogP contribution in [0.1, 0.15) is 12.7 Å². The first kappa shape index (κ1) is 13.4. The second kappa shape index (κ2) is 5.75. The molecule has 4 N–H and O–H groups in total. The molecule has 0 saturated carbocycles. The molecule has 1 atom stereocenters. The number of hydrogen-bond donors (Lipinski definition) is 3. The van der Waals surface area contributed by atoms with E-state index in [0.717, 1.165) is 5.82 Å². The number of aromatic nitrogens is 3. The fraction of sp³-hybridized carbons (Fsp3) is 0.250. The van der Waals surface area contributed by atoms with Crippen LogP contribution in [0.15, 0.2) is 29.4 Å². The number of aryl methyl sites for hydroxylation is 1. The van der Waals surface area contributed by atoms with E-state index in [1.54, 1.807) is 19.1 Å². The van der Waals surface area contributed by atoms with Crippen LogP contribution in [0.2, 0.25) is 0 Å². The van der Waals surface area contributed by atoms with Gasteiger partial charge in [-0.2, -0.15) is 0 Å². The summed E-state index contributed by atoms with van der Waals surface area (Å²) in [6, 6.07) is 7.15. The molecular weight excluding hydrogens is 262 g/mol. The van der Waals surface area contributed by atoms with Gasteiger partial charge in [0.15, 0.2) is 0 Å². The standard InChI is InChI=1S/C12H15N5OS/c1-7(19-12-14-8(2)16-17-12)11(18)15-10-6-4-3-5-9(10)13/h3-7H,13H2,1-2H3,(H,15,18)(H,14,16,17). The van der Waals surface area contributed by atoms with Crippen molar-refractivity contribution in [2.24, 2.45) is 0 Å². The van der Waals surface area contributed by atoms with Crippen molar-refractivity contribution in [2.75, 3.05) is 11.1 Å². The number of thioether (sulfide) groups is 1. The van der Waals surface area contributed by atoms with Crippen molar-refractivity contribution in [2.45, 2.75) is 24.3 Å². The number of anilines is 2. The number of H-pyrrole nitrogens is 1. The summed E-state index contributed by atoms with van der Waals surface area (Å²) < 4.78 is 0. The van der Waals surface area contributed by atoms with E-state index in [4.69, 9.17) is 5.73 Å². The maximum atomic E-state index is 12.0. The lowest BCUT2D eigenvalue weighted by Crippen LogP contribution is -2.23. The Morgan fingerprint density at radius 3 is 2.84 bits per heavy atom. The lowest BCUT2D eigenvalue weighted by atomic mass is 10.2. The maximum Gasteiger partial charge on any atom is 0.237 e. The highest BCUT2D eigenvalue weighted by atomic mass is 32.2. The molecule has 1 aromatic carbocycles. The Morgan fingerprint density at radius 1 is 1.47 bits per heavy atom. The van der Waals surface area contributed by atoms with Crippen LogP contribution < -0.4 is 11.1 Å². The Labute approximate surface area is 115 Å². The molecule has 1 amide bonds. The summed E-state index contributed by atoms with van der Waals surface area (Å²) >= 11 is 1.29. The van der Waals surface area contributed by atoms with Crippen LogP contribution in [0.5, 0.6) is 0 Å². The Bertz CT molecular complexity index is 583. The fourth-order valence-electron chi connectivity index (χ4n) is 1.43. The highest BCUT2D eigenvalue weighted by Gasteiger charge is 2.17. The minimum Gasteiger partial charge on any atom is -0.397 e. The highest BCUT2D eigenvalue weighted by Crippen LogP contribution is 2.22. The first-order chi connectivity index (χ1) is 9.06. The highest BCUT2D eigenvalue weighted by molar-refractivity contribution is 8.00. The number of nitrogens with zero attached hydrogens (tertiary/aromatic N) is 2. The van der Waals surface area contributed by atoms with Crippen LogP contribution in [-0.4, -0.2) is 26.3 Å². The molecule has 2 aromatic rings. The summed E-state index contributed by atoms with van der Waals surface area (Å²) in [6.45, 7) is 3.61. The molecule has 0 bridgehead atoms. The first-order valence-electron chi connectivity index (χ1n) is 5.77. The monoisotopic (exact) mass is 277 g/mol. The Balaban J connectivity index is 1.98. The first-order valence-corrected chi connectivity index (χ1v) is 6.65. The van der Waals surface area contributed by atoms with Gasteiger partial charge in [0.25, 0.3) is 0 Å². The van der Waals surface area contributed by atoms with Crippen molar-refractivity contribution in [3.63, 3.8) is 0 Å². The van der Waals surface area contributed by atoms with Crippen molar-refractivity contribution < 1.29 is 4.79 Å². The summed E-state index contributed by atoms with van der Waals surface area (Å²) in [7, 11) is 0. The second-order valence-electron chi connectivity index (χ2n) is 4.04. The number of carbonyl (C=O) groups excluding carboxylic acids is 1. The van der Waals surface area contributed by atoms with Crippen LogP contribution in [-0.2, 0) is 4.79 Å². The van der Waals surface area contributed by atoms with E-state index in [0.29, 0.717) is 16.5 Å². The number of rotatable bonds is 4. The molecule has 100 valence electrons. The molecule has 1 aromatic heterocycles. The number of aromatic amines is 1. The van der Waals surface area contributed by atoms with Crippen molar-refractivity contribution >= 4 is 29.0 Å². The molecule has 0 aliphatic carbocycles. The number of amides is 1. The van der Waals surface area contributed by atoms with E-state index >= 15 is 0 Å². The van der Waals surface area contributed by atoms with Gasteiger partial charge in [0.05, 0.1) is 16.6 Å². The van der Waals surface area contributed by atoms with E-state index in [2.05, 4.69) is 20.5 Å². The van der Waals surface area contributed by atoms with Crippen LogP contribution in [0.4, 0.5) is 11.4 Å². The minimum atomic E-state index is -0.310. The summed E-state index contributed by atoms with van der Waals surface area (Å²) in [4.78, 5) is 16.2. The summed E-state index contributed by atoms with van der Waals surface area (Å²) in [5, 5.41) is 9.76. The summed E-state index contributed by atoms with van der Waals surface area (Å²) in [5.74, 6) is 0.591. The number of nitrogens with two attached hydrogens (primary N) is 1. The molecule has 6 nitrogen and oxygen atoms in total. The van der Waals surface area contributed by atoms with Crippen LogP contribution >= 0.6 is 11.8 Å². The Kier molecular flexibility index (Phi) is 4.06. The predicted molar refractivity (Wildman–Crippen MR) is 75.9 cm³/mol. The lowest BCUT2D eigenvalue weighted by molar-refractivity contribution is -0.115. The van der Waals surface area contributed by atoms with E-state index in [9.17, 15) is 4.79 Å². The van der Waals surface area contributed by atoms with Gasteiger partial charge in [-0.15, -0.1) is 5.10 Å². The van der Waals surface area contributed by atoms with Gasteiger partial charge in [-0.25, -0.2) is 4.98 Å². The van der Waals surface area contributed by atoms with E-state index in [-0.39, 0.29) is 11.2 Å². The van der Waals surface area contributed by atoms with Crippen molar-refractivity contribution in [1.29, 1.82) is 0 Å². The average Bonchev–Trinajstić information content (AvgIpc) is 2.77. The maximum absolute atomic E-state index is 12.0. The number of nitrogen functional groups attached to an aromatic ring is 1. The quantitative estimate of drug-likeness (QED) is 0.585. The van der Waals surface area contributed by atoms with Gasteiger partial charge in [0, 0.05) is 0 Å². The minimum absolute atomic E-state index is 0.134. The Hall–Kier alpha value is -2.02. The number of hydrogen-bond acceptors (Lipinski definition) is 5. The molecule has 0 saturated heterocycles. The molecule has 0 aliphatic rings. The van der Waals surface area contributed by atoms with E-state index < -0.39 is 0 Å². The molecular formula is C12H15N5OS. The van der Waals surface area contributed by atoms with E-state index in [1.165, 1.54) is 11.8 Å².